The van der Waals surface area contributed by atoms with Gasteiger partial charge in [0.15, 0.2) is 17.6 Å². The maximum Gasteiger partial charge on any atom is 0.328 e. The molecule has 0 saturated carbocycles. The molecule has 1 spiro atoms. The summed E-state index contributed by atoms with van der Waals surface area (Å²) < 4.78 is 17.5. The largest absolute Gasteiger partial charge is 0.481 e. The van der Waals surface area contributed by atoms with E-state index in [4.69, 9.17) is 14.2 Å². The molecular weight excluding hydrogens is 470 g/mol. The van der Waals surface area contributed by atoms with Crippen molar-refractivity contribution in [2.24, 2.45) is 5.92 Å². The molecule has 11 heteroatoms. The normalized spacial score (nSPS) is 31.1. The smallest absolute Gasteiger partial charge is 0.328 e. The topological polar surface area (TPSA) is 140 Å². The molecule has 0 unspecified atom stereocenters. The van der Waals surface area contributed by atoms with Gasteiger partial charge in [0, 0.05) is 36.8 Å². The van der Waals surface area contributed by atoms with Crippen LogP contribution in [0.4, 0.5) is 4.79 Å². The standard InChI is InChI=1S/C21H23NO5.C4H4N2O3/c1-11(23)25-16-6-4-13-10-15-14-5-7-17(26-12(2)24)20-21(14,8-9-22(15)3)18(13)19(16)27-20;7-2-1-3(8)6-4(9)5-2/h4-7,14-15,17,20H,8-10H2,1-3H3;1H2,(H2,5,6,7,8,9)/t14-,15+,17-,20-,21-;/m0./s1. The zero-order valence-electron chi connectivity index (χ0n) is 20.2. The number of esters is 2. The lowest BCUT2D eigenvalue weighted by Gasteiger charge is -2.56. The summed E-state index contributed by atoms with van der Waals surface area (Å²) in [6.45, 7) is 3.77. The van der Waals surface area contributed by atoms with Crippen LogP contribution >= 0.6 is 0 Å². The van der Waals surface area contributed by atoms with Gasteiger partial charge in [0.05, 0.1) is 0 Å². The second-order valence-electron chi connectivity index (χ2n) is 9.69. The highest BCUT2D eigenvalue weighted by molar-refractivity contribution is 6.14. The van der Waals surface area contributed by atoms with E-state index in [0.29, 0.717) is 17.5 Å². The summed E-state index contributed by atoms with van der Waals surface area (Å²) in [7, 11) is 2.17. The molecule has 5 atom stereocenters. The fraction of sp³-hybridized carbons (Fsp3) is 0.480. The molecular formula is C25H27N3O8. The van der Waals surface area contributed by atoms with E-state index in [1.165, 1.54) is 19.4 Å². The minimum atomic E-state index is -0.740. The third-order valence-electron chi connectivity index (χ3n) is 7.50. The molecule has 4 amide bonds. The van der Waals surface area contributed by atoms with Gasteiger partial charge >= 0.3 is 18.0 Å². The van der Waals surface area contributed by atoms with Crippen molar-refractivity contribution in [2.45, 2.75) is 56.8 Å². The molecule has 3 aliphatic heterocycles. The first-order valence-electron chi connectivity index (χ1n) is 11.8. The molecule has 3 heterocycles. The molecule has 5 aliphatic rings. The highest BCUT2D eigenvalue weighted by atomic mass is 16.6. The summed E-state index contributed by atoms with van der Waals surface area (Å²) in [5, 5.41) is 3.80. The molecule has 2 aliphatic carbocycles. The Bertz CT molecular complexity index is 1160. The van der Waals surface area contributed by atoms with E-state index < -0.39 is 23.9 Å². The number of carbonyl (C=O) groups excluding carboxylic acids is 5. The number of nitrogens with one attached hydrogen (secondary N) is 2. The van der Waals surface area contributed by atoms with Gasteiger partial charge in [0.1, 0.15) is 12.5 Å². The van der Waals surface area contributed by atoms with Crippen molar-refractivity contribution >= 4 is 29.8 Å². The Hall–Kier alpha value is -3.73. The van der Waals surface area contributed by atoms with Crippen molar-refractivity contribution in [3.63, 3.8) is 0 Å². The highest BCUT2D eigenvalue weighted by Crippen LogP contribution is 2.62. The Morgan fingerprint density at radius 2 is 1.81 bits per heavy atom. The lowest BCUT2D eigenvalue weighted by molar-refractivity contribution is -0.152. The molecule has 190 valence electrons. The summed E-state index contributed by atoms with van der Waals surface area (Å²) in [5.74, 6) is -0.392. The van der Waals surface area contributed by atoms with Crippen LogP contribution in [0.2, 0.25) is 0 Å². The molecule has 0 aromatic heterocycles. The number of carbonyl (C=O) groups is 5. The van der Waals surface area contributed by atoms with E-state index in [1.807, 2.05) is 22.8 Å². The third kappa shape index (κ3) is 3.83. The SMILES string of the molecule is CC(=O)Oc1ccc2c3c1O[C@H]1[C@@H](OC(C)=O)C=C[C@H]4[C@@H](C2)N(C)CC[C@@]341.O=C1CC(=O)NC(=O)N1. The van der Waals surface area contributed by atoms with Crippen LogP contribution in [0.25, 0.3) is 0 Å². The van der Waals surface area contributed by atoms with Crippen molar-refractivity contribution in [2.75, 3.05) is 13.6 Å². The van der Waals surface area contributed by atoms with Gasteiger partial charge in [-0.2, -0.15) is 0 Å². The van der Waals surface area contributed by atoms with Crippen molar-refractivity contribution in [3.05, 3.63) is 35.4 Å². The lowest BCUT2D eigenvalue weighted by atomic mass is 9.53. The van der Waals surface area contributed by atoms with Crippen LogP contribution < -0.4 is 20.1 Å². The molecule has 11 nitrogen and oxygen atoms in total. The number of hydrogen-bond acceptors (Lipinski definition) is 9. The number of likely N-dealkylation sites (tertiary alicyclic amines) is 1. The first kappa shape index (κ1) is 24.0. The highest BCUT2D eigenvalue weighted by Gasteiger charge is 2.65. The molecule has 36 heavy (non-hydrogen) atoms. The average molecular weight is 498 g/mol. The predicted molar refractivity (Wildman–Crippen MR) is 123 cm³/mol. The quantitative estimate of drug-likeness (QED) is 0.262. The maximum absolute atomic E-state index is 11.7. The van der Waals surface area contributed by atoms with E-state index in [-0.39, 0.29) is 35.8 Å². The van der Waals surface area contributed by atoms with Crippen LogP contribution in [0.3, 0.4) is 0 Å². The molecule has 1 aromatic rings. The van der Waals surface area contributed by atoms with E-state index in [1.54, 1.807) is 0 Å². The third-order valence-corrected chi connectivity index (χ3v) is 7.50. The number of hydrogen-bond donors (Lipinski definition) is 2. The van der Waals surface area contributed by atoms with Gasteiger partial charge in [-0.15, -0.1) is 0 Å². The number of rotatable bonds is 2. The first-order chi connectivity index (χ1) is 17.1. The second kappa shape index (κ2) is 8.74. The molecule has 6 rings (SSSR count). The molecule has 1 aromatic carbocycles. The number of nitrogens with zero attached hydrogens (tertiary/aromatic N) is 1. The van der Waals surface area contributed by atoms with E-state index in [9.17, 15) is 24.0 Å². The minimum absolute atomic E-state index is 0.245. The van der Waals surface area contributed by atoms with Crippen LogP contribution in [0, 0.1) is 5.92 Å². The fourth-order valence-corrected chi connectivity index (χ4v) is 6.26. The van der Waals surface area contributed by atoms with Crippen molar-refractivity contribution in [3.8, 4) is 11.5 Å². The Kier molecular flexibility index (Phi) is 5.82. The Morgan fingerprint density at radius 1 is 1.08 bits per heavy atom. The monoisotopic (exact) mass is 497 g/mol. The number of amides is 4. The fourth-order valence-electron chi connectivity index (χ4n) is 6.26. The Balaban J connectivity index is 0.000000252. The second-order valence-corrected chi connectivity index (χ2v) is 9.69. The zero-order chi connectivity index (χ0) is 25.8. The van der Waals surface area contributed by atoms with Crippen LogP contribution in [0.5, 0.6) is 11.5 Å². The van der Waals surface area contributed by atoms with Crippen LogP contribution in [-0.4, -0.2) is 66.5 Å². The predicted octanol–water partition coefficient (Wildman–Crippen LogP) is 0.731. The van der Waals surface area contributed by atoms with Gasteiger partial charge < -0.3 is 19.1 Å². The van der Waals surface area contributed by atoms with E-state index in [2.05, 4.69) is 24.1 Å². The number of urea groups is 1. The summed E-state index contributed by atoms with van der Waals surface area (Å²) in [5.41, 5.74) is 2.15. The van der Waals surface area contributed by atoms with Crippen molar-refractivity contribution < 1.29 is 38.2 Å². The van der Waals surface area contributed by atoms with Gasteiger partial charge in [-0.3, -0.25) is 29.8 Å². The molecule has 2 fully saturated rings. The minimum Gasteiger partial charge on any atom is -0.481 e. The number of piperidine rings is 1. The molecule has 2 saturated heterocycles. The number of benzene rings is 1. The number of imide groups is 2. The first-order valence-corrected chi connectivity index (χ1v) is 11.8. The number of likely N-dealkylation sites (N-methyl/N-ethyl adjacent to an activating group) is 1. The summed E-state index contributed by atoms with van der Waals surface area (Å²) in [6, 6.07) is 3.54. The van der Waals surface area contributed by atoms with E-state index >= 15 is 0 Å². The molecule has 0 radical (unpaired) electrons. The van der Waals surface area contributed by atoms with Crippen LogP contribution in [0.15, 0.2) is 24.3 Å². The lowest BCUT2D eigenvalue weighted by Crippen LogP contribution is -2.65. The van der Waals surface area contributed by atoms with Crippen LogP contribution in [0.1, 0.15) is 37.8 Å². The maximum atomic E-state index is 11.7. The van der Waals surface area contributed by atoms with Gasteiger partial charge in [-0.1, -0.05) is 12.1 Å². The molecule has 2 bridgehead atoms. The van der Waals surface area contributed by atoms with Crippen molar-refractivity contribution in [1.82, 2.24) is 15.5 Å². The average Bonchev–Trinajstić information content (AvgIpc) is 3.13. The number of barbiturate groups is 1. The summed E-state index contributed by atoms with van der Waals surface area (Å²) in [6.07, 6.45) is 5.05. The van der Waals surface area contributed by atoms with Gasteiger partial charge in [0.2, 0.25) is 11.8 Å². The van der Waals surface area contributed by atoms with Crippen LogP contribution in [-0.2, 0) is 35.8 Å². The van der Waals surface area contributed by atoms with Gasteiger partial charge in [0.25, 0.3) is 0 Å². The van der Waals surface area contributed by atoms with Crippen molar-refractivity contribution in [1.29, 1.82) is 0 Å². The van der Waals surface area contributed by atoms with Gasteiger partial charge in [-0.05, 0) is 44.1 Å². The van der Waals surface area contributed by atoms with Gasteiger partial charge in [-0.25, -0.2) is 4.79 Å². The summed E-state index contributed by atoms with van der Waals surface area (Å²) in [4.78, 5) is 56.5. The molecule has 2 N–H and O–H groups in total. The Labute approximate surface area is 207 Å². The number of ether oxygens (including phenoxy) is 3. The zero-order valence-corrected chi connectivity index (χ0v) is 20.2. The van der Waals surface area contributed by atoms with E-state index in [0.717, 1.165) is 24.9 Å². The Morgan fingerprint density at radius 3 is 2.44 bits per heavy atom. The summed E-state index contributed by atoms with van der Waals surface area (Å²) >= 11 is 0.